The molecule has 1 atom stereocenters. The first-order chi connectivity index (χ1) is 7.04. The molecule has 0 aliphatic rings. The predicted molar refractivity (Wildman–Crippen MR) is 58.3 cm³/mol. The highest BCUT2D eigenvalue weighted by Gasteiger charge is 2.18. The highest BCUT2D eigenvalue weighted by molar-refractivity contribution is 8.00. The molecule has 1 aromatic heterocycles. The van der Waals surface area contributed by atoms with Crippen molar-refractivity contribution in [2.24, 2.45) is 0 Å². The van der Waals surface area contributed by atoms with Gasteiger partial charge in [0.25, 0.3) is 0 Å². The van der Waals surface area contributed by atoms with Crippen molar-refractivity contribution in [3.8, 4) is 0 Å². The fourth-order valence-corrected chi connectivity index (χ4v) is 1.84. The van der Waals surface area contributed by atoms with E-state index >= 15 is 0 Å². The van der Waals surface area contributed by atoms with Crippen molar-refractivity contribution in [2.45, 2.75) is 17.2 Å². The Kier molecular flexibility index (Phi) is 4.31. The van der Waals surface area contributed by atoms with E-state index in [4.69, 9.17) is 16.7 Å². The Hall–Kier alpha value is -0.850. The van der Waals surface area contributed by atoms with Gasteiger partial charge >= 0.3 is 5.69 Å². The zero-order valence-corrected chi connectivity index (χ0v) is 9.46. The van der Waals surface area contributed by atoms with E-state index in [-0.39, 0.29) is 27.6 Å². The summed E-state index contributed by atoms with van der Waals surface area (Å²) < 4.78 is 0. The molecule has 7 heteroatoms. The lowest BCUT2D eigenvalue weighted by Gasteiger charge is -2.06. The van der Waals surface area contributed by atoms with Gasteiger partial charge in [0.1, 0.15) is 0 Å². The van der Waals surface area contributed by atoms with E-state index in [1.807, 2.05) is 0 Å². The summed E-state index contributed by atoms with van der Waals surface area (Å²) in [6.45, 7) is 1.69. The van der Waals surface area contributed by atoms with Crippen molar-refractivity contribution in [3.63, 3.8) is 0 Å². The van der Waals surface area contributed by atoms with Gasteiger partial charge in [-0.3, -0.25) is 10.1 Å². The molecule has 1 heterocycles. The van der Waals surface area contributed by atoms with Crippen LogP contribution in [0.5, 0.6) is 0 Å². The lowest BCUT2D eigenvalue weighted by Crippen LogP contribution is -2.03. The number of aliphatic hydroxyl groups excluding tert-OH is 1. The minimum atomic E-state index is -0.536. The average Bonchev–Trinajstić information content (AvgIpc) is 2.20. The molecule has 0 radical (unpaired) electrons. The molecule has 1 aromatic rings. The Bertz CT molecular complexity index is 375. The number of thioether (sulfide) groups is 1. The standard InChI is InChI=1S/C8H9ClN2O3S/c1-5(4-12)15-8-7(11(13)14)2-6(9)3-10-8/h2-3,5,12H,4H2,1H3. The summed E-state index contributed by atoms with van der Waals surface area (Å²) in [5.41, 5.74) is -0.132. The van der Waals surface area contributed by atoms with Crippen LogP contribution < -0.4 is 0 Å². The number of pyridine rings is 1. The van der Waals surface area contributed by atoms with Crippen LogP contribution in [0.25, 0.3) is 0 Å². The molecule has 1 unspecified atom stereocenters. The zero-order chi connectivity index (χ0) is 11.4. The van der Waals surface area contributed by atoms with E-state index in [0.717, 1.165) is 11.8 Å². The third kappa shape index (κ3) is 3.33. The molecule has 0 amide bonds. The maximum atomic E-state index is 10.7. The van der Waals surface area contributed by atoms with Gasteiger partial charge in [-0.1, -0.05) is 30.3 Å². The van der Waals surface area contributed by atoms with Crippen molar-refractivity contribution in [1.82, 2.24) is 4.98 Å². The summed E-state index contributed by atoms with van der Waals surface area (Å²) in [4.78, 5) is 14.0. The number of halogens is 1. The summed E-state index contributed by atoms with van der Waals surface area (Å²) >= 11 is 6.75. The monoisotopic (exact) mass is 248 g/mol. The quantitative estimate of drug-likeness (QED) is 0.502. The van der Waals surface area contributed by atoms with Crippen molar-refractivity contribution in [2.75, 3.05) is 6.61 Å². The molecule has 1 N–H and O–H groups in total. The van der Waals surface area contributed by atoms with Crippen molar-refractivity contribution >= 4 is 29.1 Å². The maximum absolute atomic E-state index is 10.7. The SMILES string of the molecule is CC(CO)Sc1ncc(Cl)cc1[N+](=O)[O-]. The van der Waals surface area contributed by atoms with Crippen LogP contribution in [0.3, 0.4) is 0 Å². The first kappa shape index (κ1) is 12.2. The second kappa shape index (κ2) is 5.29. The van der Waals surface area contributed by atoms with E-state index in [1.54, 1.807) is 6.92 Å². The number of rotatable bonds is 4. The van der Waals surface area contributed by atoms with Crippen LogP contribution in [0.15, 0.2) is 17.3 Å². The first-order valence-corrected chi connectivity index (χ1v) is 5.37. The molecule has 1 rings (SSSR count). The molecule has 0 aliphatic heterocycles. The Morgan fingerprint density at radius 1 is 1.80 bits per heavy atom. The minimum Gasteiger partial charge on any atom is -0.395 e. The number of nitro groups is 1. The lowest BCUT2D eigenvalue weighted by atomic mass is 10.4. The van der Waals surface area contributed by atoms with Crippen LogP contribution in [-0.4, -0.2) is 26.9 Å². The van der Waals surface area contributed by atoms with Crippen LogP contribution in [0.4, 0.5) is 5.69 Å². The number of aromatic nitrogens is 1. The van der Waals surface area contributed by atoms with E-state index in [1.165, 1.54) is 12.3 Å². The summed E-state index contributed by atoms with van der Waals surface area (Å²) in [6.07, 6.45) is 1.35. The molecule has 5 nitrogen and oxygen atoms in total. The van der Waals surface area contributed by atoms with Gasteiger partial charge < -0.3 is 5.11 Å². The van der Waals surface area contributed by atoms with Gasteiger partial charge in [0, 0.05) is 17.5 Å². The summed E-state index contributed by atoms with van der Waals surface area (Å²) in [6, 6.07) is 1.25. The third-order valence-corrected chi connectivity index (χ3v) is 2.86. The fraction of sp³-hybridized carbons (Fsp3) is 0.375. The second-order valence-corrected chi connectivity index (χ2v) is 4.71. The molecule has 0 fully saturated rings. The molecule has 0 aliphatic carbocycles. The van der Waals surface area contributed by atoms with E-state index in [9.17, 15) is 10.1 Å². The summed E-state index contributed by atoms with van der Waals surface area (Å²) in [5, 5.41) is 19.9. The van der Waals surface area contributed by atoms with Gasteiger partial charge in [-0.2, -0.15) is 0 Å². The largest absolute Gasteiger partial charge is 0.395 e. The Balaban J connectivity index is 3.01. The molecule has 0 saturated carbocycles. The van der Waals surface area contributed by atoms with Crippen molar-refractivity contribution in [3.05, 3.63) is 27.4 Å². The van der Waals surface area contributed by atoms with E-state index in [0.29, 0.717) is 0 Å². The predicted octanol–water partition coefficient (Wildman–Crippen LogP) is 2.12. The minimum absolute atomic E-state index is 0.0634. The van der Waals surface area contributed by atoms with Crippen LogP contribution in [0.1, 0.15) is 6.92 Å². The van der Waals surface area contributed by atoms with Gasteiger partial charge in [0.2, 0.25) is 0 Å². The smallest absolute Gasteiger partial charge is 0.302 e. The van der Waals surface area contributed by atoms with Crippen molar-refractivity contribution < 1.29 is 10.0 Å². The first-order valence-electron chi connectivity index (χ1n) is 4.12. The van der Waals surface area contributed by atoms with Gasteiger partial charge in [-0.25, -0.2) is 4.98 Å². The molecule has 0 bridgehead atoms. The molecule has 15 heavy (non-hydrogen) atoms. The van der Waals surface area contributed by atoms with Gasteiger partial charge in [0.05, 0.1) is 16.6 Å². The number of nitrogens with zero attached hydrogens (tertiary/aromatic N) is 2. The number of hydrogen-bond donors (Lipinski definition) is 1. The number of hydrogen-bond acceptors (Lipinski definition) is 5. The Morgan fingerprint density at radius 3 is 3.00 bits per heavy atom. The summed E-state index contributed by atoms with van der Waals surface area (Å²) in [7, 11) is 0. The highest BCUT2D eigenvalue weighted by Crippen LogP contribution is 2.31. The lowest BCUT2D eigenvalue weighted by molar-refractivity contribution is -0.388. The van der Waals surface area contributed by atoms with Crippen LogP contribution >= 0.6 is 23.4 Å². The Labute approximate surface area is 95.6 Å². The molecule has 0 aromatic carbocycles. The topological polar surface area (TPSA) is 76.3 Å². The zero-order valence-electron chi connectivity index (χ0n) is 7.88. The molecule has 82 valence electrons. The van der Waals surface area contributed by atoms with E-state index in [2.05, 4.69) is 4.98 Å². The van der Waals surface area contributed by atoms with E-state index < -0.39 is 4.92 Å². The van der Waals surface area contributed by atoms with Gasteiger partial charge in [-0.05, 0) is 0 Å². The third-order valence-electron chi connectivity index (χ3n) is 1.57. The molecular weight excluding hydrogens is 240 g/mol. The fourth-order valence-electron chi connectivity index (χ4n) is 0.865. The van der Waals surface area contributed by atoms with Gasteiger partial charge in [-0.15, -0.1) is 0 Å². The van der Waals surface area contributed by atoms with Crippen LogP contribution in [0, 0.1) is 10.1 Å². The van der Waals surface area contributed by atoms with Crippen LogP contribution in [-0.2, 0) is 0 Å². The normalized spacial score (nSPS) is 12.5. The average molecular weight is 249 g/mol. The molecule has 0 spiro atoms. The van der Waals surface area contributed by atoms with Gasteiger partial charge in [0.15, 0.2) is 5.03 Å². The summed E-state index contributed by atoms with van der Waals surface area (Å²) in [5.74, 6) is 0. The Morgan fingerprint density at radius 2 is 2.47 bits per heavy atom. The maximum Gasteiger partial charge on any atom is 0.302 e. The van der Waals surface area contributed by atoms with Crippen LogP contribution in [0.2, 0.25) is 5.02 Å². The molecular formula is C8H9ClN2O3S. The second-order valence-electron chi connectivity index (χ2n) is 2.85. The van der Waals surface area contributed by atoms with Crippen molar-refractivity contribution in [1.29, 1.82) is 0 Å². The number of aliphatic hydroxyl groups is 1. The highest BCUT2D eigenvalue weighted by atomic mass is 35.5. The molecule has 0 saturated heterocycles.